The van der Waals surface area contributed by atoms with Gasteiger partial charge in [-0.3, -0.25) is 4.79 Å². The number of thiocarbonyl (C=S) groups is 1. The summed E-state index contributed by atoms with van der Waals surface area (Å²) in [6, 6.07) is 8.10. The largest absolute Gasteiger partial charge is 0.299 e. The van der Waals surface area contributed by atoms with Crippen molar-refractivity contribution in [1.29, 1.82) is 0 Å². The van der Waals surface area contributed by atoms with Crippen molar-refractivity contribution in [1.82, 2.24) is 0 Å². The minimum absolute atomic E-state index is 0.222. The molecule has 0 saturated carbocycles. The highest BCUT2D eigenvalue weighted by atomic mass is 32.1. The molecule has 0 amide bonds. The molecule has 0 radical (unpaired) electrons. The molecule has 0 spiro atoms. The zero-order valence-corrected chi connectivity index (χ0v) is 11.6. The van der Waals surface area contributed by atoms with Crippen molar-refractivity contribution in [2.24, 2.45) is 5.92 Å². The van der Waals surface area contributed by atoms with E-state index < -0.39 is 0 Å². The van der Waals surface area contributed by atoms with Crippen LogP contribution in [0.5, 0.6) is 0 Å². The van der Waals surface area contributed by atoms with E-state index >= 15 is 0 Å². The van der Waals surface area contributed by atoms with E-state index in [9.17, 15) is 4.79 Å². The molecule has 0 heterocycles. The lowest BCUT2D eigenvalue weighted by molar-refractivity contribution is -0.117. The van der Waals surface area contributed by atoms with Crippen molar-refractivity contribution in [3.63, 3.8) is 0 Å². The van der Waals surface area contributed by atoms with Crippen LogP contribution >= 0.6 is 12.2 Å². The third kappa shape index (κ3) is 5.73. The molecule has 0 unspecified atom stereocenters. The SMILES string of the molecule is Cc1ccc(CC(=O)CC(=S)CC(C)C)cc1. The standard InChI is InChI=1S/C15H20OS/c1-11(2)8-15(17)10-14(16)9-13-6-4-12(3)5-7-13/h4-7,11H,8-10H2,1-3H3. The average Bonchev–Trinajstić information content (AvgIpc) is 2.19. The molecule has 0 aliphatic rings. The molecule has 0 bridgehead atoms. The predicted octanol–water partition coefficient (Wildman–Crippen LogP) is 3.91. The number of rotatable bonds is 6. The van der Waals surface area contributed by atoms with E-state index in [0.29, 0.717) is 18.8 Å². The fourth-order valence-electron chi connectivity index (χ4n) is 1.74. The summed E-state index contributed by atoms with van der Waals surface area (Å²) in [5, 5.41) is 0. The van der Waals surface area contributed by atoms with Gasteiger partial charge in [0.2, 0.25) is 0 Å². The Morgan fingerprint density at radius 2 is 1.82 bits per heavy atom. The maximum atomic E-state index is 11.8. The Balaban J connectivity index is 2.44. The Hall–Kier alpha value is -1.02. The number of aryl methyl sites for hydroxylation is 1. The van der Waals surface area contributed by atoms with E-state index in [1.807, 2.05) is 31.2 Å². The van der Waals surface area contributed by atoms with E-state index in [2.05, 4.69) is 13.8 Å². The zero-order chi connectivity index (χ0) is 12.8. The quantitative estimate of drug-likeness (QED) is 0.710. The molecular formula is C15H20OS. The molecule has 1 nitrogen and oxygen atoms in total. The van der Waals surface area contributed by atoms with Crippen LogP contribution in [-0.4, -0.2) is 10.6 Å². The van der Waals surface area contributed by atoms with Crippen LogP contribution in [0.15, 0.2) is 24.3 Å². The fraction of sp³-hybridized carbons (Fsp3) is 0.467. The minimum Gasteiger partial charge on any atom is -0.299 e. The smallest absolute Gasteiger partial charge is 0.142 e. The molecule has 1 rings (SSSR count). The van der Waals surface area contributed by atoms with E-state index in [-0.39, 0.29) is 5.78 Å². The fourth-order valence-corrected chi connectivity index (χ4v) is 2.24. The average molecular weight is 248 g/mol. The monoisotopic (exact) mass is 248 g/mol. The molecule has 0 saturated heterocycles. The van der Waals surface area contributed by atoms with Crippen LogP contribution in [0.4, 0.5) is 0 Å². The Labute approximate surface area is 109 Å². The number of carbonyl (C=O) groups is 1. The van der Waals surface area contributed by atoms with Crippen LogP contribution < -0.4 is 0 Å². The van der Waals surface area contributed by atoms with Gasteiger partial charge in [0.05, 0.1) is 0 Å². The maximum absolute atomic E-state index is 11.8. The number of carbonyl (C=O) groups excluding carboxylic acids is 1. The van der Waals surface area contributed by atoms with Crippen LogP contribution in [0.2, 0.25) is 0 Å². The second-order valence-corrected chi connectivity index (χ2v) is 5.59. The highest BCUT2D eigenvalue weighted by Gasteiger charge is 2.08. The molecule has 0 fully saturated rings. The number of ketones is 1. The first-order valence-electron chi connectivity index (χ1n) is 6.06. The lowest BCUT2D eigenvalue weighted by Crippen LogP contribution is -2.10. The Morgan fingerprint density at radius 1 is 1.24 bits per heavy atom. The number of hydrogen-bond donors (Lipinski definition) is 0. The third-order valence-electron chi connectivity index (χ3n) is 2.55. The molecule has 0 N–H and O–H groups in total. The lowest BCUT2D eigenvalue weighted by Gasteiger charge is -2.06. The van der Waals surface area contributed by atoms with Gasteiger partial charge in [-0.25, -0.2) is 0 Å². The summed E-state index contributed by atoms with van der Waals surface area (Å²) >= 11 is 5.22. The van der Waals surface area contributed by atoms with Gasteiger partial charge >= 0.3 is 0 Å². The van der Waals surface area contributed by atoms with Gasteiger partial charge in [-0.1, -0.05) is 55.9 Å². The third-order valence-corrected chi connectivity index (χ3v) is 2.86. The zero-order valence-electron chi connectivity index (χ0n) is 10.8. The van der Waals surface area contributed by atoms with Crippen LogP contribution in [0.25, 0.3) is 0 Å². The van der Waals surface area contributed by atoms with Crippen LogP contribution in [-0.2, 0) is 11.2 Å². The first-order valence-corrected chi connectivity index (χ1v) is 6.47. The minimum atomic E-state index is 0.222. The van der Waals surface area contributed by atoms with Gasteiger partial charge in [-0.05, 0) is 24.8 Å². The van der Waals surface area contributed by atoms with E-state index in [1.165, 1.54) is 5.56 Å². The molecule has 0 aromatic heterocycles. The molecule has 17 heavy (non-hydrogen) atoms. The highest BCUT2D eigenvalue weighted by molar-refractivity contribution is 7.80. The van der Waals surface area contributed by atoms with Crippen molar-refractivity contribution in [2.45, 2.75) is 40.0 Å². The normalized spacial score (nSPS) is 10.6. The first kappa shape index (κ1) is 14.0. The van der Waals surface area contributed by atoms with Crippen molar-refractivity contribution in [3.8, 4) is 0 Å². The Morgan fingerprint density at radius 3 is 2.35 bits per heavy atom. The van der Waals surface area contributed by atoms with Gasteiger partial charge in [0.1, 0.15) is 5.78 Å². The van der Waals surface area contributed by atoms with Crippen molar-refractivity contribution < 1.29 is 4.79 Å². The second kappa shape index (κ2) is 6.65. The van der Waals surface area contributed by atoms with Gasteiger partial charge in [0, 0.05) is 17.7 Å². The van der Waals surface area contributed by atoms with Crippen LogP contribution in [0.1, 0.15) is 37.8 Å². The van der Waals surface area contributed by atoms with E-state index in [4.69, 9.17) is 12.2 Å². The molecule has 0 atom stereocenters. The summed E-state index contributed by atoms with van der Waals surface area (Å²) in [6.07, 6.45) is 1.81. The molecule has 2 heteroatoms. The van der Waals surface area contributed by atoms with Gasteiger partial charge in [0.25, 0.3) is 0 Å². The van der Waals surface area contributed by atoms with Gasteiger partial charge in [-0.15, -0.1) is 0 Å². The van der Waals surface area contributed by atoms with Gasteiger partial charge in [0.15, 0.2) is 0 Å². The number of Topliss-reactive ketones (excluding diaryl/α,β-unsaturated/α-hetero) is 1. The maximum Gasteiger partial charge on any atom is 0.142 e. The molecular weight excluding hydrogens is 228 g/mol. The first-order chi connectivity index (χ1) is 7.97. The van der Waals surface area contributed by atoms with E-state index in [0.717, 1.165) is 16.8 Å². The van der Waals surface area contributed by atoms with Crippen molar-refractivity contribution in [3.05, 3.63) is 35.4 Å². The summed E-state index contributed by atoms with van der Waals surface area (Å²) in [5.74, 6) is 0.758. The summed E-state index contributed by atoms with van der Waals surface area (Å²) in [7, 11) is 0. The Kier molecular flexibility index (Phi) is 5.49. The van der Waals surface area contributed by atoms with Gasteiger partial charge < -0.3 is 0 Å². The van der Waals surface area contributed by atoms with Crippen LogP contribution in [0.3, 0.4) is 0 Å². The summed E-state index contributed by atoms with van der Waals surface area (Å²) < 4.78 is 0. The van der Waals surface area contributed by atoms with Crippen LogP contribution in [0, 0.1) is 12.8 Å². The van der Waals surface area contributed by atoms with Gasteiger partial charge in [-0.2, -0.15) is 0 Å². The molecule has 1 aromatic carbocycles. The molecule has 1 aromatic rings. The number of benzene rings is 1. The summed E-state index contributed by atoms with van der Waals surface area (Å²) in [6.45, 7) is 6.29. The second-order valence-electron chi connectivity index (χ2n) is 5.01. The van der Waals surface area contributed by atoms with E-state index in [1.54, 1.807) is 0 Å². The summed E-state index contributed by atoms with van der Waals surface area (Å²) in [4.78, 5) is 12.7. The predicted molar refractivity (Wildman–Crippen MR) is 76.6 cm³/mol. The molecule has 0 aliphatic heterocycles. The molecule has 0 aliphatic carbocycles. The topological polar surface area (TPSA) is 17.1 Å². The van der Waals surface area contributed by atoms with Crippen molar-refractivity contribution in [2.75, 3.05) is 0 Å². The highest BCUT2D eigenvalue weighted by Crippen LogP contribution is 2.09. The summed E-state index contributed by atoms with van der Waals surface area (Å²) in [5.41, 5.74) is 2.30. The number of hydrogen-bond acceptors (Lipinski definition) is 2. The lowest BCUT2D eigenvalue weighted by atomic mass is 10.0. The molecule has 92 valence electrons. The van der Waals surface area contributed by atoms with Crippen molar-refractivity contribution >= 4 is 22.9 Å². The Bertz CT molecular complexity index is 390.